The zero-order valence-corrected chi connectivity index (χ0v) is 10.9. The maximum Gasteiger partial charge on any atom is 0.251 e. The molecule has 88 valence electrons. The second kappa shape index (κ2) is 5.14. The highest BCUT2D eigenvalue weighted by molar-refractivity contribution is 9.10. The summed E-state index contributed by atoms with van der Waals surface area (Å²) in [6, 6.07) is 5.58. The maximum absolute atomic E-state index is 12.0. The first-order valence-corrected chi connectivity index (χ1v) is 5.99. The van der Waals surface area contributed by atoms with E-state index in [4.69, 9.17) is 0 Å². The summed E-state index contributed by atoms with van der Waals surface area (Å²) in [6.07, 6.45) is 3.45. The SMILES string of the molecule is Cc1c(Br)cccc1C(=O)NCc1cn[nH]c1. The van der Waals surface area contributed by atoms with E-state index in [0.717, 1.165) is 15.6 Å². The van der Waals surface area contributed by atoms with Crippen molar-refractivity contribution < 1.29 is 4.79 Å². The van der Waals surface area contributed by atoms with Crippen LogP contribution in [0.1, 0.15) is 21.5 Å². The van der Waals surface area contributed by atoms with E-state index >= 15 is 0 Å². The average Bonchev–Trinajstić information content (AvgIpc) is 2.82. The third-order valence-electron chi connectivity index (χ3n) is 2.52. The lowest BCUT2D eigenvalue weighted by Gasteiger charge is -2.07. The van der Waals surface area contributed by atoms with Crippen LogP contribution in [0, 0.1) is 6.92 Å². The van der Waals surface area contributed by atoms with Crippen LogP contribution in [-0.4, -0.2) is 16.1 Å². The Kier molecular flexibility index (Phi) is 3.58. The number of carbonyl (C=O) groups is 1. The second-order valence-electron chi connectivity index (χ2n) is 3.70. The molecule has 0 radical (unpaired) electrons. The fraction of sp³-hybridized carbons (Fsp3) is 0.167. The minimum Gasteiger partial charge on any atom is -0.348 e. The molecule has 0 aliphatic heterocycles. The van der Waals surface area contributed by atoms with Crippen molar-refractivity contribution in [3.8, 4) is 0 Å². The number of benzene rings is 1. The standard InChI is InChI=1S/C12H12BrN3O/c1-8-10(3-2-4-11(8)13)12(17)14-5-9-6-15-16-7-9/h2-4,6-7H,5H2,1H3,(H,14,17)(H,15,16). The smallest absolute Gasteiger partial charge is 0.251 e. The Labute approximate surface area is 108 Å². The lowest BCUT2D eigenvalue weighted by atomic mass is 10.1. The van der Waals surface area contributed by atoms with Crippen LogP contribution in [0.3, 0.4) is 0 Å². The fourth-order valence-electron chi connectivity index (χ4n) is 1.51. The van der Waals surface area contributed by atoms with Gasteiger partial charge >= 0.3 is 0 Å². The molecule has 0 saturated heterocycles. The Morgan fingerprint density at radius 3 is 3.06 bits per heavy atom. The Balaban J connectivity index is 2.07. The van der Waals surface area contributed by atoms with Crippen LogP contribution in [0.15, 0.2) is 35.1 Å². The number of halogens is 1. The van der Waals surface area contributed by atoms with Gasteiger partial charge < -0.3 is 5.32 Å². The van der Waals surface area contributed by atoms with E-state index in [1.165, 1.54) is 0 Å². The van der Waals surface area contributed by atoms with Crippen LogP contribution in [0.25, 0.3) is 0 Å². The zero-order valence-electron chi connectivity index (χ0n) is 9.33. The first kappa shape index (κ1) is 11.9. The highest BCUT2D eigenvalue weighted by Crippen LogP contribution is 2.19. The van der Waals surface area contributed by atoms with Gasteiger partial charge in [-0.3, -0.25) is 9.89 Å². The van der Waals surface area contributed by atoms with Gasteiger partial charge in [-0.15, -0.1) is 0 Å². The summed E-state index contributed by atoms with van der Waals surface area (Å²) in [7, 11) is 0. The van der Waals surface area contributed by atoms with Gasteiger partial charge in [0.1, 0.15) is 0 Å². The highest BCUT2D eigenvalue weighted by Gasteiger charge is 2.10. The number of nitrogens with zero attached hydrogens (tertiary/aromatic N) is 1. The Morgan fingerprint density at radius 2 is 2.35 bits per heavy atom. The summed E-state index contributed by atoms with van der Waals surface area (Å²) in [5.41, 5.74) is 2.58. The molecule has 5 heteroatoms. The molecule has 1 aromatic heterocycles. The summed E-state index contributed by atoms with van der Waals surface area (Å²) in [6.45, 7) is 2.39. The van der Waals surface area contributed by atoms with Gasteiger partial charge in [0.25, 0.3) is 5.91 Å². The number of aromatic amines is 1. The molecule has 17 heavy (non-hydrogen) atoms. The number of amides is 1. The summed E-state index contributed by atoms with van der Waals surface area (Å²) < 4.78 is 0.938. The molecule has 0 saturated carbocycles. The molecule has 2 aromatic rings. The molecule has 0 fully saturated rings. The molecular formula is C12H12BrN3O. The molecule has 0 bridgehead atoms. The number of rotatable bonds is 3. The fourth-order valence-corrected chi connectivity index (χ4v) is 1.87. The van der Waals surface area contributed by atoms with Crippen molar-refractivity contribution in [3.63, 3.8) is 0 Å². The molecule has 1 heterocycles. The monoisotopic (exact) mass is 293 g/mol. The number of H-pyrrole nitrogens is 1. The lowest BCUT2D eigenvalue weighted by molar-refractivity contribution is 0.0950. The van der Waals surface area contributed by atoms with Crippen LogP contribution in [0.4, 0.5) is 0 Å². The van der Waals surface area contributed by atoms with E-state index in [2.05, 4.69) is 31.4 Å². The van der Waals surface area contributed by atoms with Crippen molar-refractivity contribution in [3.05, 3.63) is 51.8 Å². The number of aromatic nitrogens is 2. The normalized spacial score (nSPS) is 10.2. The lowest BCUT2D eigenvalue weighted by Crippen LogP contribution is -2.23. The van der Waals surface area contributed by atoms with E-state index in [-0.39, 0.29) is 5.91 Å². The van der Waals surface area contributed by atoms with Crippen LogP contribution in [0.2, 0.25) is 0 Å². The molecule has 2 rings (SSSR count). The molecule has 1 amide bonds. The second-order valence-corrected chi connectivity index (χ2v) is 4.56. The van der Waals surface area contributed by atoms with Crippen molar-refractivity contribution >= 4 is 21.8 Å². The third kappa shape index (κ3) is 2.74. The summed E-state index contributed by atoms with van der Waals surface area (Å²) >= 11 is 3.41. The van der Waals surface area contributed by atoms with Gasteiger partial charge in [0.15, 0.2) is 0 Å². The average molecular weight is 294 g/mol. The first-order chi connectivity index (χ1) is 8.18. The van der Waals surface area contributed by atoms with E-state index in [1.54, 1.807) is 12.4 Å². The largest absolute Gasteiger partial charge is 0.348 e. The number of hydrogen-bond acceptors (Lipinski definition) is 2. The van der Waals surface area contributed by atoms with E-state index in [1.807, 2.05) is 25.1 Å². The van der Waals surface area contributed by atoms with Gasteiger partial charge in [-0.25, -0.2) is 0 Å². The minimum atomic E-state index is -0.0787. The van der Waals surface area contributed by atoms with Gasteiger partial charge in [0.2, 0.25) is 0 Å². The van der Waals surface area contributed by atoms with E-state index < -0.39 is 0 Å². The van der Waals surface area contributed by atoms with Gasteiger partial charge in [-0.2, -0.15) is 5.10 Å². The molecule has 0 aliphatic rings. The number of hydrogen-bond donors (Lipinski definition) is 2. The number of nitrogens with one attached hydrogen (secondary N) is 2. The molecule has 0 atom stereocenters. The number of carbonyl (C=O) groups excluding carboxylic acids is 1. The summed E-state index contributed by atoms with van der Waals surface area (Å²) in [5.74, 6) is -0.0787. The van der Waals surface area contributed by atoms with Crippen molar-refractivity contribution in [2.24, 2.45) is 0 Å². The van der Waals surface area contributed by atoms with Crippen LogP contribution in [0.5, 0.6) is 0 Å². The van der Waals surface area contributed by atoms with Crippen LogP contribution >= 0.6 is 15.9 Å². The molecular weight excluding hydrogens is 282 g/mol. The Hall–Kier alpha value is -1.62. The third-order valence-corrected chi connectivity index (χ3v) is 3.38. The van der Waals surface area contributed by atoms with Crippen molar-refractivity contribution in [2.45, 2.75) is 13.5 Å². The quantitative estimate of drug-likeness (QED) is 0.913. The van der Waals surface area contributed by atoms with E-state index in [9.17, 15) is 4.79 Å². The molecule has 0 unspecified atom stereocenters. The van der Waals surface area contributed by atoms with Gasteiger partial charge in [0, 0.05) is 28.3 Å². The van der Waals surface area contributed by atoms with Crippen LogP contribution in [-0.2, 0) is 6.54 Å². The van der Waals surface area contributed by atoms with Crippen molar-refractivity contribution in [1.29, 1.82) is 0 Å². The minimum absolute atomic E-state index is 0.0787. The van der Waals surface area contributed by atoms with Gasteiger partial charge in [-0.1, -0.05) is 22.0 Å². The molecule has 4 nitrogen and oxygen atoms in total. The maximum atomic E-state index is 12.0. The highest BCUT2D eigenvalue weighted by atomic mass is 79.9. The molecule has 0 spiro atoms. The van der Waals surface area contributed by atoms with Gasteiger partial charge in [-0.05, 0) is 24.6 Å². The van der Waals surface area contributed by atoms with Crippen LogP contribution < -0.4 is 5.32 Å². The molecule has 0 aliphatic carbocycles. The predicted octanol–water partition coefficient (Wildman–Crippen LogP) is 2.41. The first-order valence-electron chi connectivity index (χ1n) is 5.19. The van der Waals surface area contributed by atoms with Crippen molar-refractivity contribution in [2.75, 3.05) is 0 Å². The Morgan fingerprint density at radius 1 is 1.53 bits per heavy atom. The molecule has 1 aromatic carbocycles. The van der Waals surface area contributed by atoms with Crippen molar-refractivity contribution in [1.82, 2.24) is 15.5 Å². The molecule has 2 N–H and O–H groups in total. The van der Waals surface area contributed by atoms with E-state index in [0.29, 0.717) is 12.1 Å². The zero-order chi connectivity index (χ0) is 12.3. The topological polar surface area (TPSA) is 57.8 Å². The summed E-state index contributed by atoms with van der Waals surface area (Å²) in [4.78, 5) is 12.0. The Bertz CT molecular complexity index is 523. The summed E-state index contributed by atoms with van der Waals surface area (Å²) in [5, 5.41) is 9.38. The van der Waals surface area contributed by atoms with Gasteiger partial charge in [0.05, 0.1) is 6.20 Å². The predicted molar refractivity (Wildman–Crippen MR) is 68.6 cm³/mol.